The van der Waals surface area contributed by atoms with E-state index in [0.717, 1.165) is 53.5 Å². The van der Waals surface area contributed by atoms with E-state index in [1.54, 1.807) is 11.0 Å². The van der Waals surface area contributed by atoms with Gasteiger partial charge in [0.1, 0.15) is 11.5 Å². The molecule has 0 aliphatic carbocycles. The van der Waals surface area contributed by atoms with Gasteiger partial charge in [0.2, 0.25) is 0 Å². The molecule has 1 N–H and O–H groups in total. The second-order valence-corrected chi connectivity index (χ2v) is 8.83. The minimum Gasteiger partial charge on any atom is -0.507 e. The molecule has 33 heavy (non-hydrogen) atoms. The summed E-state index contributed by atoms with van der Waals surface area (Å²) >= 11 is 0. The van der Waals surface area contributed by atoms with Gasteiger partial charge in [0.15, 0.2) is 0 Å². The van der Waals surface area contributed by atoms with Gasteiger partial charge >= 0.3 is 0 Å². The number of fused-ring (bicyclic) bond motifs is 2. The molecule has 6 nitrogen and oxygen atoms in total. The summed E-state index contributed by atoms with van der Waals surface area (Å²) in [7, 11) is 1.95. The maximum atomic E-state index is 13.3. The van der Waals surface area contributed by atoms with Gasteiger partial charge in [0, 0.05) is 41.8 Å². The first-order chi connectivity index (χ1) is 16.0. The molecule has 2 aliphatic rings. The van der Waals surface area contributed by atoms with Gasteiger partial charge < -0.3 is 19.3 Å². The number of carbonyl (C=O) groups excluding carboxylic acids is 2. The molecule has 2 aromatic carbocycles. The van der Waals surface area contributed by atoms with E-state index in [-0.39, 0.29) is 11.3 Å². The maximum absolute atomic E-state index is 13.3. The number of unbranched alkanes of at least 4 members (excludes halogenated alkanes) is 1. The number of aliphatic hydroxyl groups is 1. The van der Waals surface area contributed by atoms with Gasteiger partial charge in [-0.3, -0.25) is 9.59 Å². The van der Waals surface area contributed by atoms with E-state index < -0.39 is 17.7 Å². The predicted molar refractivity (Wildman–Crippen MR) is 127 cm³/mol. The number of rotatable bonds is 5. The quantitative estimate of drug-likeness (QED) is 0.351. The normalized spacial score (nSPS) is 19.7. The molecule has 5 rings (SSSR count). The van der Waals surface area contributed by atoms with Crippen molar-refractivity contribution in [3.05, 3.63) is 70.9 Å². The zero-order valence-electron chi connectivity index (χ0n) is 19.0. The van der Waals surface area contributed by atoms with Gasteiger partial charge in [-0.25, -0.2) is 0 Å². The van der Waals surface area contributed by atoms with Crippen LogP contribution in [0.15, 0.2) is 54.2 Å². The zero-order chi connectivity index (χ0) is 23.1. The summed E-state index contributed by atoms with van der Waals surface area (Å²) in [5, 5.41) is 12.4. The number of para-hydroxylation sites is 1. The predicted octanol–water partition coefficient (Wildman–Crippen LogP) is 4.73. The lowest BCUT2D eigenvalue weighted by Crippen LogP contribution is -2.30. The van der Waals surface area contributed by atoms with Crippen molar-refractivity contribution in [3.8, 4) is 5.75 Å². The smallest absolute Gasteiger partial charge is 0.295 e. The Morgan fingerprint density at radius 2 is 2.00 bits per heavy atom. The number of aryl methyl sites for hydroxylation is 2. The van der Waals surface area contributed by atoms with Crippen LogP contribution in [-0.2, 0) is 23.1 Å². The fourth-order valence-corrected chi connectivity index (χ4v) is 5.02. The lowest BCUT2D eigenvalue weighted by molar-refractivity contribution is -0.139. The van der Waals surface area contributed by atoms with Gasteiger partial charge in [-0.15, -0.1) is 0 Å². The van der Waals surface area contributed by atoms with Crippen molar-refractivity contribution < 1.29 is 19.4 Å². The van der Waals surface area contributed by atoms with E-state index in [9.17, 15) is 14.7 Å². The topological polar surface area (TPSA) is 71.8 Å². The average Bonchev–Trinajstić information content (AvgIpc) is 3.30. The molecule has 1 amide bonds. The van der Waals surface area contributed by atoms with Gasteiger partial charge in [-0.1, -0.05) is 31.5 Å². The first kappa shape index (κ1) is 21.3. The third-order valence-corrected chi connectivity index (χ3v) is 6.70. The summed E-state index contributed by atoms with van der Waals surface area (Å²) in [5.41, 5.74) is 3.57. The molecule has 1 aromatic heterocycles. The Bertz CT molecular complexity index is 1290. The Labute approximate surface area is 193 Å². The van der Waals surface area contributed by atoms with E-state index in [2.05, 4.69) is 6.92 Å². The van der Waals surface area contributed by atoms with Crippen LogP contribution in [0.5, 0.6) is 5.75 Å². The van der Waals surface area contributed by atoms with E-state index >= 15 is 0 Å². The average molecular weight is 445 g/mol. The van der Waals surface area contributed by atoms with Gasteiger partial charge in [-0.05, 0) is 49.1 Å². The Morgan fingerprint density at radius 1 is 1.18 bits per heavy atom. The fourth-order valence-electron chi connectivity index (χ4n) is 5.02. The van der Waals surface area contributed by atoms with Crippen molar-refractivity contribution in [1.29, 1.82) is 0 Å². The maximum Gasteiger partial charge on any atom is 0.295 e. The molecular formula is C27H28N2O4. The summed E-state index contributed by atoms with van der Waals surface area (Å²) in [6.07, 6.45) is 5.41. The Hall–Kier alpha value is -3.54. The Balaban J connectivity index is 1.70. The Kier molecular flexibility index (Phi) is 5.44. The molecule has 0 radical (unpaired) electrons. The number of ketones is 1. The largest absolute Gasteiger partial charge is 0.507 e. The second kappa shape index (κ2) is 8.43. The van der Waals surface area contributed by atoms with Crippen molar-refractivity contribution in [2.24, 2.45) is 7.05 Å². The van der Waals surface area contributed by atoms with E-state index in [0.29, 0.717) is 18.7 Å². The number of nitrogens with zero attached hydrogens (tertiary/aromatic N) is 2. The van der Waals surface area contributed by atoms with Crippen molar-refractivity contribution >= 4 is 28.4 Å². The van der Waals surface area contributed by atoms with Crippen LogP contribution in [-0.4, -0.2) is 39.4 Å². The second-order valence-electron chi connectivity index (χ2n) is 8.83. The third kappa shape index (κ3) is 3.50. The van der Waals surface area contributed by atoms with Crippen LogP contribution in [0, 0.1) is 0 Å². The summed E-state index contributed by atoms with van der Waals surface area (Å²) in [6, 6.07) is 12.8. The number of aliphatic hydroxyl groups excluding tert-OH is 1. The number of likely N-dealkylation sites (tertiary alicyclic amines) is 1. The monoisotopic (exact) mass is 444 g/mol. The minimum atomic E-state index is -0.630. The number of aromatic nitrogens is 1. The molecular weight excluding hydrogens is 416 g/mol. The number of hydrogen-bond acceptors (Lipinski definition) is 4. The van der Waals surface area contributed by atoms with Crippen molar-refractivity contribution in [3.63, 3.8) is 0 Å². The molecule has 6 heteroatoms. The SMILES string of the molecule is CCCCN1C(=O)C(=O)/C(=C(/O)c2ccc3c(c2)CCCO3)C1c1cn(C)c2ccccc12. The van der Waals surface area contributed by atoms with Crippen LogP contribution in [0.3, 0.4) is 0 Å². The highest BCUT2D eigenvalue weighted by molar-refractivity contribution is 6.46. The highest BCUT2D eigenvalue weighted by atomic mass is 16.5. The molecule has 1 saturated heterocycles. The minimum absolute atomic E-state index is 0.126. The first-order valence-corrected chi connectivity index (χ1v) is 11.6. The summed E-state index contributed by atoms with van der Waals surface area (Å²) in [6.45, 7) is 3.20. The van der Waals surface area contributed by atoms with E-state index in [1.807, 2.05) is 54.2 Å². The summed E-state index contributed by atoms with van der Waals surface area (Å²) in [5.74, 6) is -0.495. The van der Waals surface area contributed by atoms with Crippen LogP contribution >= 0.6 is 0 Å². The molecule has 3 aromatic rings. The number of ether oxygens (including phenoxy) is 1. The third-order valence-electron chi connectivity index (χ3n) is 6.70. The zero-order valence-corrected chi connectivity index (χ0v) is 19.0. The standard InChI is InChI=1S/C27H28N2O4/c1-3-4-13-29-24(20-16-28(2)21-10-6-5-9-19(20)21)23(26(31)27(29)32)25(30)18-11-12-22-17(15-18)8-7-14-33-22/h5-6,9-12,15-16,24,30H,3-4,7-8,13-14H2,1-2H3/b25-23+. The number of amides is 1. The van der Waals surface area contributed by atoms with Crippen LogP contribution in [0.2, 0.25) is 0 Å². The molecule has 0 spiro atoms. The lowest BCUT2D eigenvalue weighted by atomic mass is 9.93. The van der Waals surface area contributed by atoms with Gasteiger partial charge in [0.05, 0.1) is 18.2 Å². The van der Waals surface area contributed by atoms with Gasteiger partial charge in [0.25, 0.3) is 11.7 Å². The lowest BCUT2D eigenvalue weighted by Gasteiger charge is -2.25. The van der Waals surface area contributed by atoms with Crippen LogP contribution < -0.4 is 4.74 Å². The first-order valence-electron chi connectivity index (χ1n) is 11.6. The molecule has 1 atom stereocenters. The highest BCUT2D eigenvalue weighted by Crippen LogP contribution is 2.43. The van der Waals surface area contributed by atoms with Crippen LogP contribution in [0.25, 0.3) is 16.7 Å². The summed E-state index contributed by atoms with van der Waals surface area (Å²) < 4.78 is 7.70. The van der Waals surface area contributed by atoms with Crippen molar-refractivity contribution in [2.45, 2.75) is 38.6 Å². The van der Waals surface area contributed by atoms with Crippen LogP contribution in [0.4, 0.5) is 0 Å². The van der Waals surface area contributed by atoms with Gasteiger partial charge in [-0.2, -0.15) is 0 Å². The number of benzene rings is 2. The van der Waals surface area contributed by atoms with Crippen molar-refractivity contribution in [1.82, 2.24) is 9.47 Å². The van der Waals surface area contributed by atoms with Crippen molar-refractivity contribution in [2.75, 3.05) is 13.2 Å². The van der Waals surface area contributed by atoms with E-state index in [1.165, 1.54) is 0 Å². The van der Waals surface area contributed by atoms with E-state index in [4.69, 9.17) is 4.74 Å². The fraction of sp³-hybridized carbons (Fsp3) is 0.333. The summed E-state index contributed by atoms with van der Waals surface area (Å²) in [4.78, 5) is 28.0. The van der Waals surface area contributed by atoms with Crippen LogP contribution in [0.1, 0.15) is 48.9 Å². The number of Topliss-reactive ketones (excluding diaryl/α,β-unsaturated/α-hetero) is 1. The molecule has 1 unspecified atom stereocenters. The molecule has 0 bridgehead atoms. The molecule has 0 saturated carbocycles. The molecule has 1 fully saturated rings. The molecule has 2 aliphatic heterocycles. The molecule has 3 heterocycles. The molecule has 170 valence electrons. The highest BCUT2D eigenvalue weighted by Gasteiger charge is 2.46. The Morgan fingerprint density at radius 3 is 2.82 bits per heavy atom. The number of carbonyl (C=O) groups is 2. The number of hydrogen-bond donors (Lipinski definition) is 1.